The number of benzene rings is 1. The average Bonchev–Trinajstić information content (AvgIpc) is 2.71. The van der Waals surface area contributed by atoms with Crippen LogP contribution in [0.1, 0.15) is 5.69 Å². The first-order valence-corrected chi connectivity index (χ1v) is 4.92. The largest absolute Gasteiger partial charge is 0.377 e. The molecule has 0 radical (unpaired) electrons. The monoisotopic (exact) mass is 241 g/mol. The van der Waals surface area contributed by atoms with E-state index in [9.17, 15) is 13.2 Å². The number of halogens is 3. The highest BCUT2D eigenvalue weighted by molar-refractivity contribution is 5.45. The highest BCUT2D eigenvalue weighted by atomic mass is 19.2. The van der Waals surface area contributed by atoms with E-state index in [1.807, 2.05) is 0 Å². The average molecular weight is 241 g/mol. The second-order valence-electron chi connectivity index (χ2n) is 3.57. The number of aryl methyl sites for hydroxylation is 1. The van der Waals surface area contributed by atoms with E-state index >= 15 is 0 Å². The second-order valence-corrected chi connectivity index (χ2v) is 3.57. The van der Waals surface area contributed by atoms with Crippen LogP contribution in [-0.4, -0.2) is 9.55 Å². The summed E-state index contributed by atoms with van der Waals surface area (Å²) in [4.78, 5) is 3.88. The van der Waals surface area contributed by atoms with Gasteiger partial charge >= 0.3 is 0 Å². The van der Waals surface area contributed by atoms with Crippen LogP contribution in [0.2, 0.25) is 0 Å². The Bertz CT molecular complexity index is 537. The molecule has 0 aliphatic carbocycles. The van der Waals surface area contributed by atoms with Crippen molar-refractivity contribution in [1.82, 2.24) is 9.55 Å². The van der Waals surface area contributed by atoms with E-state index in [1.165, 1.54) is 0 Å². The van der Waals surface area contributed by atoms with Crippen molar-refractivity contribution in [3.8, 4) is 0 Å². The molecule has 17 heavy (non-hydrogen) atoms. The van der Waals surface area contributed by atoms with Gasteiger partial charge in [0, 0.05) is 13.2 Å². The van der Waals surface area contributed by atoms with Crippen LogP contribution >= 0.6 is 0 Å². The lowest BCUT2D eigenvalue weighted by atomic mass is 10.2. The van der Waals surface area contributed by atoms with Crippen molar-refractivity contribution in [1.29, 1.82) is 0 Å². The fourth-order valence-electron chi connectivity index (χ4n) is 1.40. The van der Waals surface area contributed by atoms with Crippen molar-refractivity contribution in [2.24, 2.45) is 7.05 Å². The Labute approximate surface area is 95.9 Å². The summed E-state index contributed by atoms with van der Waals surface area (Å²) in [5.41, 5.74) is 0.722. The molecule has 0 fully saturated rings. The predicted octanol–water partition coefficient (Wildman–Crippen LogP) is 2.45. The maximum atomic E-state index is 13.3. The Morgan fingerprint density at radius 2 is 2.00 bits per heavy atom. The summed E-state index contributed by atoms with van der Waals surface area (Å²) in [5, 5.41) is 2.68. The lowest BCUT2D eigenvalue weighted by Crippen LogP contribution is -2.06. The van der Waals surface area contributed by atoms with Gasteiger partial charge in [-0.05, 0) is 12.1 Å². The van der Waals surface area contributed by atoms with Crippen molar-refractivity contribution in [3.05, 3.63) is 47.8 Å². The van der Waals surface area contributed by atoms with Crippen molar-refractivity contribution in [3.63, 3.8) is 0 Å². The van der Waals surface area contributed by atoms with Gasteiger partial charge in [0.2, 0.25) is 0 Å². The summed E-state index contributed by atoms with van der Waals surface area (Å²) in [6.07, 6.45) is 3.20. The van der Waals surface area contributed by atoms with Crippen LogP contribution in [0, 0.1) is 17.5 Å². The molecule has 1 aromatic carbocycles. The molecule has 0 amide bonds. The zero-order chi connectivity index (χ0) is 12.4. The molecule has 0 atom stereocenters. The molecule has 90 valence electrons. The number of imidazole rings is 1. The van der Waals surface area contributed by atoms with Crippen LogP contribution in [-0.2, 0) is 13.6 Å². The van der Waals surface area contributed by atoms with Crippen LogP contribution in [0.25, 0.3) is 0 Å². The number of nitrogens with one attached hydrogen (secondary N) is 1. The molecule has 0 saturated carbocycles. The van der Waals surface area contributed by atoms with Crippen molar-refractivity contribution in [2.45, 2.75) is 6.54 Å². The van der Waals surface area contributed by atoms with Gasteiger partial charge in [0.05, 0.1) is 24.3 Å². The van der Waals surface area contributed by atoms with Crippen LogP contribution in [0.3, 0.4) is 0 Å². The molecule has 0 aliphatic rings. The number of nitrogens with zero attached hydrogens (tertiary/aromatic N) is 2. The SMILES string of the molecule is Cn1cncc1CNc1ccc(F)c(F)c1F. The van der Waals surface area contributed by atoms with E-state index in [0.717, 1.165) is 17.8 Å². The van der Waals surface area contributed by atoms with E-state index in [4.69, 9.17) is 0 Å². The number of anilines is 1. The molecular weight excluding hydrogens is 231 g/mol. The van der Waals surface area contributed by atoms with Gasteiger partial charge in [-0.3, -0.25) is 0 Å². The van der Waals surface area contributed by atoms with Crippen molar-refractivity contribution < 1.29 is 13.2 Å². The lowest BCUT2D eigenvalue weighted by molar-refractivity contribution is 0.449. The fourth-order valence-corrected chi connectivity index (χ4v) is 1.40. The third-order valence-electron chi connectivity index (χ3n) is 2.41. The summed E-state index contributed by atoms with van der Waals surface area (Å²) in [7, 11) is 1.78. The quantitative estimate of drug-likeness (QED) is 0.836. The minimum absolute atomic E-state index is 0.0786. The topological polar surface area (TPSA) is 29.9 Å². The highest BCUT2D eigenvalue weighted by Gasteiger charge is 2.13. The zero-order valence-corrected chi connectivity index (χ0v) is 9.04. The molecule has 6 heteroatoms. The van der Waals surface area contributed by atoms with Gasteiger partial charge < -0.3 is 9.88 Å². The van der Waals surface area contributed by atoms with Gasteiger partial charge in [0.15, 0.2) is 17.5 Å². The summed E-state index contributed by atoms with van der Waals surface area (Å²) in [5.74, 6) is -3.89. The molecule has 1 aromatic heterocycles. The predicted molar refractivity (Wildman–Crippen MR) is 56.9 cm³/mol. The minimum Gasteiger partial charge on any atom is -0.377 e. The van der Waals surface area contributed by atoms with Gasteiger partial charge in [-0.25, -0.2) is 18.2 Å². The van der Waals surface area contributed by atoms with E-state index in [2.05, 4.69) is 10.3 Å². The number of aromatic nitrogens is 2. The first kappa shape index (κ1) is 11.5. The van der Waals surface area contributed by atoms with Gasteiger partial charge in [-0.1, -0.05) is 0 Å². The summed E-state index contributed by atoms with van der Waals surface area (Å²) in [6, 6.07) is 2.04. The van der Waals surface area contributed by atoms with E-state index in [0.29, 0.717) is 0 Å². The number of hydrogen-bond donors (Lipinski definition) is 1. The normalized spacial score (nSPS) is 10.6. The molecule has 0 unspecified atom stereocenters. The smallest absolute Gasteiger partial charge is 0.196 e. The highest BCUT2D eigenvalue weighted by Crippen LogP contribution is 2.20. The van der Waals surface area contributed by atoms with E-state index in [-0.39, 0.29) is 12.2 Å². The molecule has 0 spiro atoms. The third-order valence-corrected chi connectivity index (χ3v) is 2.41. The first-order valence-electron chi connectivity index (χ1n) is 4.92. The number of rotatable bonds is 3. The Morgan fingerprint density at radius 1 is 1.24 bits per heavy atom. The zero-order valence-electron chi connectivity index (χ0n) is 9.04. The van der Waals surface area contributed by atoms with Gasteiger partial charge in [0.25, 0.3) is 0 Å². The Balaban J connectivity index is 2.15. The summed E-state index contributed by atoms with van der Waals surface area (Å²) < 4.78 is 40.6. The van der Waals surface area contributed by atoms with Crippen LogP contribution < -0.4 is 5.32 Å². The van der Waals surface area contributed by atoms with Crippen LogP contribution in [0.5, 0.6) is 0 Å². The number of hydrogen-bond acceptors (Lipinski definition) is 2. The van der Waals surface area contributed by atoms with Gasteiger partial charge in [-0.2, -0.15) is 0 Å². The molecule has 2 aromatic rings. The van der Waals surface area contributed by atoms with Gasteiger partial charge in [0.1, 0.15) is 0 Å². The summed E-state index contributed by atoms with van der Waals surface area (Å²) in [6.45, 7) is 0.276. The fraction of sp³-hybridized carbons (Fsp3) is 0.182. The maximum absolute atomic E-state index is 13.3. The third kappa shape index (κ3) is 2.25. The molecule has 1 heterocycles. The Hall–Kier alpha value is -1.98. The van der Waals surface area contributed by atoms with Crippen molar-refractivity contribution >= 4 is 5.69 Å². The Morgan fingerprint density at radius 3 is 2.65 bits per heavy atom. The van der Waals surface area contributed by atoms with Crippen LogP contribution in [0.4, 0.5) is 18.9 Å². The molecule has 3 nitrogen and oxygen atoms in total. The van der Waals surface area contributed by atoms with Gasteiger partial charge in [-0.15, -0.1) is 0 Å². The molecule has 0 bridgehead atoms. The summed E-state index contributed by atoms with van der Waals surface area (Å²) >= 11 is 0. The van der Waals surface area contributed by atoms with E-state index in [1.54, 1.807) is 24.1 Å². The molecule has 0 saturated heterocycles. The van der Waals surface area contributed by atoms with Crippen LogP contribution in [0.15, 0.2) is 24.7 Å². The van der Waals surface area contributed by atoms with Crippen molar-refractivity contribution in [2.75, 3.05) is 5.32 Å². The minimum atomic E-state index is -1.47. The molecule has 1 N–H and O–H groups in total. The maximum Gasteiger partial charge on any atom is 0.196 e. The molecule has 0 aliphatic heterocycles. The lowest BCUT2D eigenvalue weighted by Gasteiger charge is -2.08. The standard InChI is InChI=1S/C11H10F3N3/c1-17-6-15-4-7(17)5-16-9-3-2-8(12)10(13)11(9)14/h2-4,6,16H,5H2,1H3. The Kier molecular flexibility index (Phi) is 3.03. The second kappa shape index (κ2) is 4.48. The molecule has 2 rings (SSSR count). The van der Waals surface area contributed by atoms with E-state index < -0.39 is 17.5 Å². The molecular formula is C11H10F3N3. The first-order chi connectivity index (χ1) is 8.09.